The van der Waals surface area contributed by atoms with Crippen LogP contribution in [-0.4, -0.2) is 61.0 Å². The second kappa shape index (κ2) is 4.94. The van der Waals surface area contributed by atoms with E-state index in [0.29, 0.717) is 25.5 Å². The Hall–Kier alpha value is -0.990. The molecule has 0 spiro atoms. The lowest BCUT2D eigenvalue weighted by atomic mass is 9.96. The quantitative estimate of drug-likeness (QED) is 0.817. The van der Waals surface area contributed by atoms with Crippen molar-refractivity contribution in [2.75, 3.05) is 33.1 Å². The van der Waals surface area contributed by atoms with E-state index in [-0.39, 0.29) is 11.8 Å². The number of aryl methyl sites for hydroxylation is 1. The predicted molar refractivity (Wildman–Crippen MR) is 65.6 cm³/mol. The van der Waals surface area contributed by atoms with Gasteiger partial charge in [-0.3, -0.25) is 5.10 Å². The standard InChI is InChI=1S/C10H18N4O3S/c1-7-11-10(13-12-7)9-5-14(18(3,15)16)4-8(9)6-17-2/h8-9H,4-6H2,1-3H3,(H,11,12,13)/t8-,9+/m0/s1. The van der Waals surface area contributed by atoms with Gasteiger partial charge in [-0.05, 0) is 6.92 Å². The summed E-state index contributed by atoms with van der Waals surface area (Å²) in [4.78, 5) is 4.30. The molecule has 1 aliphatic heterocycles. The normalized spacial score (nSPS) is 25.7. The lowest BCUT2D eigenvalue weighted by Crippen LogP contribution is -2.28. The highest BCUT2D eigenvalue weighted by Crippen LogP contribution is 2.32. The van der Waals surface area contributed by atoms with Crippen molar-refractivity contribution in [3.05, 3.63) is 11.6 Å². The minimum Gasteiger partial charge on any atom is -0.384 e. The molecule has 1 N–H and O–H groups in total. The minimum atomic E-state index is -3.18. The van der Waals surface area contributed by atoms with E-state index in [9.17, 15) is 8.42 Å². The van der Waals surface area contributed by atoms with E-state index >= 15 is 0 Å². The van der Waals surface area contributed by atoms with Crippen LogP contribution in [-0.2, 0) is 14.8 Å². The van der Waals surface area contributed by atoms with Crippen LogP contribution in [0.5, 0.6) is 0 Å². The number of sulfonamides is 1. The van der Waals surface area contributed by atoms with Crippen molar-refractivity contribution in [3.63, 3.8) is 0 Å². The van der Waals surface area contributed by atoms with Gasteiger partial charge in [0.1, 0.15) is 5.82 Å². The Kier molecular flexibility index (Phi) is 3.69. The van der Waals surface area contributed by atoms with Crippen LogP contribution >= 0.6 is 0 Å². The minimum absolute atomic E-state index is 0.00961. The number of ether oxygens (including phenoxy) is 1. The molecule has 0 aliphatic carbocycles. The molecule has 2 heterocycles. The van der Waals surface area contributed by atoms with Gasteiger partial charge in [0.15, 0.2) is 5.82 Å². The van der Waals surface area contributed by atoms with E-state index in [4.69, 9.17) is 4.74 Å². The van der Waals surface area contributed by atoms with Crippen molar-refractivity contribution in [1.29, 1.82) is 0 Å². The zero-order valence-corrected chi connectivity index (χ0v) is 11.6. The number of nitrogens with one attached hydrogen (secondary N) is 1. The number of hydrogen-bond acceptors (Lipinski definition) is 5. The maximum absolute atomic E-state index is 11.6. The largest absolute Gasteiger partial charge is 0.384 e. The zero-order chi connectivity index (χ0) is 13.3. The summed E-state index contributed by atoms with van der Waals surface area (Å²) in [7, 11) is -1.56. The number of rotatable bonds is 4. The van der Waals surface area contributed by atoms with Crippen LogP contribution in [0.3, 0.4) is 0 Å². The lowest BCUT2D eigenvalue weighted by molar-refractivity contribution is 0.150. The highest BCUT2D eigenvalue weighted by atomic mass is 32.2. The molecule has 0 unspecified atom stereocenters. The molecule has 1 fully saturated rings. The second-order valence-corrected chi connectivity index (χ2v) is 6.66. The summed E-state index contributed by atoms with van der Waals surface area (Å²) in [6.07, 6.45) is 1.22. The molecule has 7 nitrogen and oxygen atoms in total. The van der Waals surface area contributed by atoms with Gasteiger partial charge in [-0.15, -0.1) is 0 Å². The molecule has 18 heavy (non-hydrogen) atoms. The fourth-order valence-corrected chi connectivity index (χ4v) is 3.20. The molecule has 8 heteroatoms. The first-order valence-electron chi connectivity index (χ1n) is 5.74. The number of aromatic amines is 1. The van der Waals surface area contributed by atoms with Gasteiger partial charge in [-0.1, -0.05) is 0 Å². The van der Waals surface area contributed by atoms with Crippen molar-refractivity contribution in [3.8, 4) is 0 Å². The van der Waals surface area contributed by atoms with Crippen molar-refractivity contribution in [2.24, 2.45) is 5.92 Å². The smallest absolute Gasteiger partial charge is 0.211 e. The number of methoxy groups -OCH3 is 1. The molecule has 2 rings (SSSR count). The summed E-state index contributed by atoms with van der Waals surface area (Å²) in [5, 5.41) is 6.93. The second-order valence-electron chi connectivity index (χ2n) is 4.68. The Balaban J connectivity index is 2.22. The van der Waals surface area contributed by atoms with E-state index in [2.05, 4.69) is 15.2 Å². The van der Waals surface area contributed by atoms with Gasteiger partial charge in [0.25, 0.3) is 0 Å². The number of H-pyrrole nitrogens is 1. The van der Waals surface area contributed by atoms with E-state index < -0.39 is 10.0 Å². The van der Waals surface area contributed by atoms with Crippen LogP contribution in [0.25, 0.3) is 0 Å². The van der Waals surface area contributed by atoms with Gasteiger partial charge in [0, 0.05) is 32.0 Å². The van der Waals surface area contributed by atoms with Gasteiger partial charge >= 0.3 is 0 Å². The van der Waals surface area contributed by atoms with E-state index in [1.165, 1.54) is 10.6 Å². The van der Waals surface area contributed by atoms with Crippen LogP contribution in [0.4, 0.5) is 0 Å². The summed E-state index contributed by atoms with van der Waals surface area (Å²) in [6, 6.07) is 0. The first-order chi connectivity index (χ1) is 8.41. The summed E-state index contributed by atoms with van der Waals surface area (Å²) in [6.45, 7) is 3.21. The Morgan fingerprint density at radius 2 is 2.22 bits per heavy atom. The molecule has 0 bridgehead atoms. The number of nitrogens with zero attached hydrogens (tertiary/aromatic N) is 3. The number of hydrogen-bond donors (Lipinski definition) is 1. The molecule has 1 aromatic heterocycles. The van der Waals surface area contributed by atoms with Gasteiger partial charge in [0.2, 0.25) is 10.0 Å². The summed E-state index contributed by atoms with van der Waals surface area (Å²) in [5.74, 6) is 1.49. The molecular formula is C10H18N4O3S. The maximum atomic E-state index is 11.6. The zero-order valence-electron chi connectivity index (χ0n) is 10.8. The first-order valence-corrected chi connectivity index (χ1v) is 7.59. The number of aromatic nitrogens is 3. The fraction of sp³-hybridized carbons (Fsp3) is 0.800. The van der Waals surface area contributed by atoms with Crippen molar-refractivity contribution >= 4 is 10.0 Å². The third-order valence-corrected chi connectivity index (χ3v) is 4.44. The average Bonchev–Trinajstić information content (AvgIpc) is 2.84. The lowest BCUT2D eigenvalue weighted by Gasteiger charge is -2.13. The van der Waals surface area contributed by atoms with Gasteiger partial charge in [-0.2, -0.15) is 5.10 Å². The molecular weight excluding hydrogens is 256 g/mol. The Labute approximate surface area is 107 Å². The van der Waals surface area contributed by atoms with Gasteiger partial charge in [-0.25, -0.2) is 17.7 Å². The van der Waals surface area contributed by atoms with Crippen LogP contribution in [0.15, 0.2) is 0 Å². The van der Waals surface area contributed by atoms with Crippen LogP contribution in [0.2, 0.25) is 0 Å². The molecule has 102 valence electrons. The Morgan fingerprint density at radius 3 is 2.72 bits per heavy atom. The maximum Gasteiger partial charge on any atom is 0.211 e. The van der Waals surface area contributed by atoms with Crippen molar-refractivity contribution < 1.29 is 13.2 Å². The van der Waals surface area contributed by atoms with Crippen LogP contribution in [0, 0.1) is 12.8 Å². The summed E-state index contributed by atoms with van der Waals surface area (Å²) < 4.78 is 29.8. The van der Waals surface area contributed by atoms with Crippen molar-refractivity contribution in [2.45, 2.75) is 12.8 Å². The average molecular weight is 274 g/mol. The third kappa shape index (κ3) is 2.70. The highest BCUT2D eigenvalue weighted by molar-refractivity contribution is 7.88. The van der Waals surface area contributed by atoms with Gasteiger partial charge < -0.3 is 4.74 Å². The molecule has 0 radical (unpaired) electrons. The fourth-order valence-electron chi connectivity index (χ4n) is 2.30. The highest BCUT2D eigenvalue weighted by Gasteiger charge is 2.39. The Morgan fingerprint density at radius 1 is 1.50 bits per heavy atom. The topological polar surface area (TPSA) is 88.2 Å². The molecule has 2 atom stereocenters. The van der Waals surface area contributed by atoms with E-state index in [1.807, 2.05) is 6.92 Å². The molecule has 1 aromatic rings. The molecule has 1 aliphatic rings. The van der Waals surface area contributed by atoms with Crippen molar-refractivity contribution in [1.82, 2.24) is 19.5 Å². The molecule has 0 aromatic carbocycles. The monoisotopic (exact) mass is 274 g/mol. The van der Waals surface area contributed by atoms with Gasteiger partial charge in [0.05, 0.1) is 12.9 Å². The SMILES string of the molecule is COC[C@@H]1CN(S(C)(=O)=O)C[C@H]1c1n[nH]c(C)n1. The Bertz CT molecular complexity index is 513. The predicted octanol–water partition coefficient (Wildman–Crippen LogP) is -0.265. The molecule has 1 saturated heterocycles. The van der Waals surface area contributed by atoms with E-state index in [0.717, 1.165) is 5.82 Å². The van der Waals surface area contributed by atoms with Crippen LogP contribution in [0.1, 0.15) is 17.6 Å². The van der Waals surface area contributed by atoms with E-state index in [1.54, 1.807) is 7.11 Å². The molecule has 0 amide bonds. The third-order valence-electron chi connectivity index (χ3n) is 3.20. The summed E-state index contributed by atoms with van der Waals surface area (Å²) in [5.41, 5.74) is 0. The van der Waals surface area contributed by atoms with Crippen LogP contribution < -0.4 is 0 Å². The first kappa shape index (κ1) is 13.4. The molecule has 0 saturated carbocycles. The summed E-state index contributed by atoms with van der Waals surface area (Å²) >= 11 is 0.